The predicted octanol–water partition coefficient (Wildman–Crippen LogP) is 3.37. The lowest BCUT2D eigenvalue weighted by Crippen LogP contribution is -2.41. The van der Waals surface area contributed by atoms with E-state index in [1.165, 1.54) is 11.3 Å². The monoisotopic (exact) mass is 382 g/mol. The van der Waals surface area contributed by atoms with Crippen LogP contribution in [0.1, 0.15) is 33.4 Å². The standard InChI is InChI=1S/C15H15BrN2O3S/c1-2-7-21-12-6-5-10(9-11(12)16)14(19)17-18-15(20)13-4-3-8-22-13/h3-6,8-9H,2,7H2,1H3,(H,17,19)(H,18,20). The maximum absolute atomic E-state index is 12.0. The van der Waals surface area contributed by atoms with E-state index in [9.17, 15) is 9.59 Å². The minimum Gasteiger partial charge on any atom is -0.492 e. The van der Waals surface area contributed by atoms with Crippen LogP contribution in [0, 0.1) is 0 Å². The van der Waals surface area contributed by atoms with Crippen molar-refractivity contribution in [2.75, 3.05) is 6.61 Å². The minimum atomic E-state index is -0.396. The first-order chi connectivity index (χ1) is 10.6. The fraction of sp³-hybridized carbons (Fsp3) is 0.200. The fourth-order valence-electron chi connectivity index (χ4n) is 1.63. The first-order valence-corrected chi connectivity index (χ1v) is 8.35. The van der Waals surface area contributed by atoms with Gasteiger partial charge in [-0.05, 0) is 52.0 Å². The van der Waals surface area contributed by atoms with E-state index in [-0.39, 0.29) is 5.91 Å². The van der Waals surface area contributed by atoms with Crippen molar-refractivity contribution in [3.05, 3.63) is 50.6 Å². The first kappa shape index (κ1) is 16.5. The van der Waals surface area contributed by atoms with Crippen molar-refractivity contribution < 1.29 is 14.3 Å². The lowest BCUT2D eigenvalue weighted by Gasteiger charge is -2.10. The Bertz CT molecular complexity index is 659. The van der Waals surface area contributed by atoms with Crippen molar-refractivity contribution in [2.24, 2.45) is 0 Å². The van der Waals surface area contributed by atoms with Crippen molar-refractivity contribution in [3.63, 3.8) is 0 Å². The first-order valence-electron chi connectivity index (χ1n) is 6.68. The third-order valence-electron chi connectivity index (χ3n) is 2.69. The van der Waals surface area contributed by atoms with Crippen LogP contribution in [0.4, 0.5) is 0 Å². The number of hydrazine groups is 1. The summed E-state index contributed by atoms with van der Waals surface area (Å²) in [7, 11) is 0. The topological polar surface area (TPSA) is 67.4 Å². The Hall–Kier alpha value is -1.86. The third-order valence-corrected chi connectivity index (χ3v) is 4.18. The van der Waals surface area contributed by atoms with Crippen LogP contribution < -0.4 is 15.6 Å². The summed E-state index contributed by atoms with van der Waals surface area (Å²) in [6, 6.07) is 8.46. The van der Waals surface area contributed by atoms with Crippen LogP contribution >= 0.6 is 27.3 Å². The highest BCUT2D eigenvalue weighted by Crippen LogP contribution is 2.26. The molecule has 0 saturated heterocycles. The van der Waals surface area contributed by atoms with Gasteiger partial charge < -0.3 is 4.74 Å². The van der Waals surface area contributed by atoms with Gasteiger partial charge in [0.15, 0.2) is 0 Å². The predicted molar refractivity (Wildman–Crippen MR) is 89.2 cm³/mol. The molecule has 116 valence electrons. The normalized spacial score (nSPS) is 10.1. The molecule has 0 aliphatic rings. The maximum Gasteiger partial charge on any atom is 0.279 e. The zero-order valence-electron chi connectivity index (χ0n) is 11.9. The summed E-state index contributed by atoms with van der Waals surface area (Å²) >= 11 is 4.67. The van der Waals surface area contributed by atoms with Gasteiger partial charge in [-0.15, -0.1) is 11.3 Å². The number of nitrogens with one attached hydrogen (secondary N) is 2. The van der Waals surface area contributed by atoms with Gasteiger partial charge in [0.25, 0.3) is 11.8 Å². The van der Waals surface area contributed by atoms with Gasteiger partial charge in [0.2, 0.25) is 0 Å². The van der Waals surface area contributed by atoms with Crippen molar-refractivity contribution >= 4 is 39.1 Å². The third kappa shape index (κ3) is 4.32. The Labute approximate surface area is 140 Å². The largest absolute Gasteiger partial charge is 0.492 e. The van der Waals surface area contributed by atoms with E-state index >= 15 is 0 Å². The molecule has 0 aliphatic carbocycles. The van der Waals surface area contributed by atoms with Crippen molar-refractivity contribution in [1.82, 2.24) is 10.9 Å². The zero-order chi connectivity index (χ0) is 15.9. The summed E-state index contributed by atoms with van der Waals surface area (Å²) in [5, 5.41) is 1.79. The molecule has 0 unspecified atom stereocenters. The molecule has 0 aliphatic heterocycles. The molecular weight excluding hydrogens is 368 g/mol. The second-order valence-corrected chi connectivity index (χ2v) is 6.18. The molecule has 1 aromatic carbocycles. The second-order valence-electron chi connectivity index (χ2n) is 4.38. The van der Waals surface area contributed by atoms with Gasteiger partial charge in [0, 0.05) is 5.56 Å². The number of carbonyl (C=O) groups is 2. The Morgan fingerprint density at radius 3 is 2.64 bits per heavy atom. The summed E-state index contributed by atoms with van der Waals surface area (Å²) in [5.41, 5.74) is 5.18. The van der Waals surface area contributed by atoms with Crippen LogP contribution in [0.25, 0.3) is 0 Å². The molecule has 5 nitrogen and oxygen atoms in total. The highest BCUT2D eigenvalue weighted by molar-refractivity contribution is 9.10. The number of hydrogen-bond donors (Lipinski definition) is 2. The number of carbonyl (C=O) groups excluding carboxylic acids is 2. The molecule has 0 spiro atoms. The van der Waals surface area contributed by atoms with Crippen LogP contribution in [0.2, 0.25) is 0 Å². The van der Waals surface area contributed by atoms with Crippen molar-refractivity contribution in [3.8, 4) is 5.75 Å². The number of hydrogen-bond acceptors (Lipinski definition) is 4. The summed E-state index contributed by atoms with van der Waals surface area (Å²) in [4.78, 5) is 24.3. The molecule has 1 aromatic heterocycles. The van der Waals surface area contributed by atoms with E-state index in [2.05, 4.69) is 26.8 Å². The molecule has 0 saturated carbocycles. The van der Waals surface area contributed by atoms with Crippen molar-refractivity contribution in [1.29, 1.82) is 0 Å². The molecule has 0 fully saturated rings. The molecule has 22 heavy (non-hydrogen) atoms. The summed E-state index contributed by atoms with van der Waals surface area (Å²) in [5.74, 6) is -0.0565. The van der Waals surface area contributed by atoms with E-state index in [4.69, 9.17) is 4.74 Å². The Balaban J connectivity index is 1.95. The van der Waals surface area contributed by atoms with E-state index < -0.39 is 5.91 Å². The Kier molecular flexibility index (Phi) is 5.97. The molecule has 0 radical (unpaired) electrons. The SMILES string of the molecule is CCCOc1ccc(C(=O)NNC(=O)c2cccs2)cc1Br. The number of amides is 2. The molecule has 2 amide bonds. The molecule has 2 N–H and O–H groups in total. The number of halogens is 1. The summed E-state index contributed by atoms with van der Waals surface area (Å²) < 4.78 is 6.21. The quantitative estimate of drug-likeness (QED) is 0.778. The smallest absolute Gasteiger partial charge is 0.279 e. The summed E-state index contributed by atoms with van der Waals surface area (Å²) in [6.07, 6.45) is 0.906. The number of benzene rings is 1. The molecule has 7 heteroatoms. The molecular formula is C15H15BrN2O3S. The van der Waals surface area contributed by atoms with Crippen LogP contribution in [0.5, 0.6) is 5.75 Å². The molecule has 1 heterocycles. The van der Waals surface area contributed by atoms with Crippen LogP contribution in [0.15, 0.2) is 40.2 Å². The summed E-state index contributed by atoms with van der Waals surface area (Å²) in [6.45, 7) is 2.63. The van der Waals surface area contributed by atoms with Gasteiger partial charge in [-0.25, -0.2) is 0 Å². The average molecular weight is 383 g/mol. The van der Waals surface area contributed by atoms with Gasteiger partial charge in [-0.1, -0.05) is 13.0 Å². The fourth-order valence-corrected chi connectivity index (χ4v) is 2.74. The number of rotatable bonds is 5. The molecule has 2 rings (SSSR count). The van der Waals surface area contributed by atoms with Gasteiger partial charge in [-0.3, -0.25) is 20.4 Å². The van der Waals surface area contributed by atoms with Gasteiger partial charge in [-0.2, -0.15) is 0 Å². The van der Waals surface area contributed by atoms with Gasteiger partial charge in [0.1, 0.15) is 5.75 Å². The van der Waals surface area contributed by atoms with E-state index in [1.807, 2.05) is 6.92 Å². The molecule has 0 bridgehead atoms. The van der Waals surface area contributed by atoms with Crippen LogP contribution in [0.3, 0.4) is 0 Å². The number of thiophene rings is 1. The Morgan fingerprint density at radius 1 is 1.23 bits per heavy atom. The van der Waals surface area contributed by atoms with Gasteiger partial charge >= 0.3 is 0 Å². The van der Waals surface area contributed by atoms with Gasteiger partial charge in [0.05, 0.1) is 16.0 Å². The van der Waals surface area contributed by atoms with E-state index in [0.717, 1.165) is 6.42 Å². The Morgan fingerprint density at radius 2 is 2.00 bits per heavy atom. The second kappa shape index (κ2) is 7.95. The lowest BCUT2D eigenvalue weighted by molar-refractivity contribution is 0.0849. The average Bonchev–Trinajstić information content (AvgIpc) is 3.05. The lowest BCUT2D eigenvalue weighted by atomic mass is 10.2. The minimum absolute atomic E-state index is 0.342. The number of ether oxygens (including phenoxy) is 1. The molecule has 2 aromatic rings. The maximum atomic E-state index is 12.0. The van der Waals surface area contributed by atoms with Crippen molar-refractivity contribution in [2.45, 2.75) is 13.3 Å². The van der Waals surface area contributed by atoms with Crippen LogP contribution in [-0.4, -0.2) is 18.4 Å². The zero-order valence-corrected chi connectivity index (χ0v) is 14.3. The van der Waals surface area contributed by atoms with Crippen LogP contribution in [-0.2, 0) is 0 Å². The van der Waals surface area contributed by atoms with E-state index in [0.29, 0.717) is 27.3 Å². The van der Waals surface area contributed by atoms with E-state index in [1.54, 1.807) is 35.7 Å². The highest BCUT2D eigenvalue weighted by atomic mass is 79.9. The highest BCUT2D eigenvalue weighted by Gasteiger charge is 2.11. The molecule has 0 atom stereocenters.